The second-order valence-electron chi connectivity index (χ2n) is 3.30. The molecular weight excluding hydrogens is 176 g/mol. The van der Waals surface area contributed by atoms with Gasteiger partial charge in [0.25, 0.3) is 0 Å². The molecule has 0 aliphatic carbocycles. The Morgan fingerprint density at radius 2 is 2.29 bits per heavy atom. The molecule has 0 aliphatic heterocycles. The molecular formula is C11H18N2O. The molecule has 2 N–H and O–H groups in total. The Morgan fingerprint density at radius 1 is 1.43 bits per heavy atom. The summed E-state index contributed by atoms with van der Waals surface area (Å²) < 4.78 is 0. The van der Waals surface area contributed by atoms with E-state index < -0.39 is 0 Å². The number of aliphatic hydroxyl groups is 1. The van der Waals surface area contributed by atoms with Gasteiger partial charge in [0.2, 0.25) is 0 Å². The van der Waals surface area contributed by atoms with Crippen LogP contribution in [0.2, 0.25) is 0 Å². The van der Waals surface area contributed by atoms with Crippen LogP contribution in [-0.2, 0) is 6.61 Å². The molecule has 1 aromatic rings. The molecule has 0 atom stereocenters. The van der Waals surface area contributed by atoms with E-state index in [0.29, 0.717) is 0 Å². The van der Waals surface area contributed by atoms with Crippen LogP contribution >= 0.6 is 0 Å². The van der Waals surface area contributed by atoms with Crippen LogP contribution < -0.4 is 5.32 Å². The first-order valence-corrected chi connectivity index (χ1v) is 5.17. The lowest BCUT2D eigenvalue weighted by Crippen LogP contribution is -2.05. The molecule has 1 heterocycles. The molecule has 0 fully saturated rings. The maximum Gasteiger partial charge on any atom is 0.131 e. The fraction of sp³-hybridized carbons (Fsp3) is 0.545. The predicted octanol–water partition coefficient (Wildman–Crippen LogP) is 2.18. The third-order valence-electron chi connectivity index (χ3n) is 2.13. The minimum Gasteiger partial charge on any atom is -0.392 e. The van der Waals surface area contributed by atoms with E-state index in [2.05, 4.69) is 17.2 Å². The summed E-state index contributed by atoms with van der Waals surface area (Å²) in [5, 5.41) is 12.3. The van der Waals surface area contributed by atoms with Gasteiger partial charge in [-0.3, -0.25) is 0 Å². The molecule has 0 unspecified atom stereocenters. The summed E-state index contributed by atoms with van der Waals surface area (Å²) in [4.78, 5) is 4.18. The molecule has 78 valence electrons. The van der Waals surface area contributed by atoms with Crippen LogP contribution in [0.5, 0.6) is 0 Å². The zero-order chi connectivity index (χ0) is 10.2. The van der Waals surface area contributed by atoms with Crippen molar-refractivity contribution < 1.29 is 5.11 Å². The number of hydrogen-bond donors (Lipinski definition) is 2. The van der Waals surface area contributed by atoms with Gasteiger partial charge in [-0.15, -0.1) is 0 Å². The molecule has 0 amide bonds. The number of nitrogens with one attached hydrogen (secondary N) is 1. The van der Waals surface area contributed by atoms with E-state index in [1.54, 1.807) is 6.20 Å². The van der Waals surface area contributed by atoms with Crippen LogP contribution in [-0.4, -0.2) is 16.6 Å². The number of aliphatic hydroxyl groups excluding tert-OH is 1. The lowest BCUT2D eigenvalue weighted by atomic mass is 10.2. The normalized spacial score (nSPS) is 10.1. The lowest BCUT2D eigenvalue weighted by molar-refractivity contribution is 0.282. The van der Waals surface area contributed by atoms with Crippen molar-refractivity contribution in [1.82, 2.24) is 4.98 Å². The Kier molecular flexibility index (Phi) is 5.00. The van der Waals surface area contributed by atoms with E-state index in [1.165, 1.54) is 12.8 Å². The van der Waals surface area contributed by atoms with E-state index in [0.717, 1.165) is 24.3 Å². The van der Waals surface area contributed by atoms with Crippen LogP contribution in [0.4, 0.5) is 5.82 Å². The molecule has 0 spiro atoms. The van der Waals surface area contributed by atoms with Gasteiger partial charge < -0.3 is 10.4 Å². The Bertz CT molecular complexity index is 263. The zero-order valence-electron chi connectivity index (χ0n) is 8.66. The van der Waals surface area contributed by atoms with Gasteiger partial charge in [-0.1, -0.05) is 25.8 Å². The van der Waals surface area contributed by atoms with Crippen molar-refractivity contribution in [2.45, 2.75) is 32.8 Å². The van der Waals surface area contributed by atoms with Gasteiger partial charge in [-0.2, -0.15) is 0 Å². The molecule has 14 heavy (non-hydrogen) atoms. The fourth-order valence-electron chi connectivity index (χ4n) is 1.31. The third-order valence-corrected chi connectivity index (χ3v) is 2.13. The quantitative estimate of drug-likeness (QED) is 0.682. The first-order chi connectivity index (χ1) is 6.88. The molecule has 3 heteroatoms. The van der Waals surface area contributed by atoms with E-state index in [-0.39, 0.29) is 6.61 Å². The number of aromatic nitrogens is 1. The first-order valence-electron chi connectivity index (χ1n) is 5.17. The molecule has 0 saturated heterocycles. The van der Waals surface area contributed by atoms with Gasteiger partial charge in [0.05, 0.1) is 6.61 Å². The molecule has 0 saturated carbocycles. The summed E-state index contributed by atoms with van der Waals surface area (Å²) in [7, 11) is 0. The van der Waals surface area contributed by atoms with Crippen LogP contribution in [0.1, 0.15) is 31.7 Å². The van der Waals surface area contributed by atoms with E-state index in [1.807, 2.05) is 12.1 Å². The van der Waals surface area contributed by atoms with Gasteiger partial charge in [-0.25, -0.2) is 4.98 Å². The summed E-state index contributed by atoms with van der Waals surface area (Å²) in [6.07, 6.45) is 5.34. The SMILES string of the molecule is CCCCCNc1ncccc1CO. The average Bonchev–Trinajstić information content (AvgIpc) is 2.25. The van der Waals surface area contributed by atoms with Crippen molar-refractivity contribution in [1.29, 1.82) is 0 Å². The van der Waals surface area contributed by atoms with Gasteiger partial charge in [0, 0.05) is 18.3 Å². The summed E-state index contributed by atoms with van der Waals surface area (Å²) >= 11 is 0. The minimum absolute atomic E-state index is 0.0456. The largest absolute Gasteiger partial charge is 0.392 e. The topological polar surface area (TPSA) is 45.2 Å². The van der Waals surface area contributed by atoms with E-state index >= 15 is 0 Å². The number of pyridine rings is 1. The standard InChI is InChI=1S/C11H18N2O/c1-2-3-4-7-12-11-10(9-14)6-5-8-13-11/h5-6,8,14H,2-4,7,9H2,1H3,(H,12,13). The average molecular weight is 194 g/mol. The number of nitrogens with zero attached hydrogens (tertiary/aromatic N) is 1. The van der Waals surface area contributed by atoms with Crippen molar-refractivity contribution in [3.63, 3.8) is 0 Å². The van der Waals surface area contributed by atoms with Gasteiger partial charge >= 0.3 is 0 Å². The Labute approximate surface area is 85.2 Å². The summed E-state index contributed by atoms with van der Waals surface area (Å²) in [6.45, 7) is 3.15. The molecule has 1 rings (SSSR count). The molecule has 0 radical (unpaired) electrons. The molecule has 0 aliphatic rings. The first kappa shape index (κ1) is 11.0. The monoisotopic (exact) mass is 194 g/mol. The molecule has 0 aromatic carbocycles. The number of anilines is 1. The van der Waals surface area contributed by atoms with Crippen LogP contribution in [0.25, 0.3) is 0 Å². The molecule has 1 aromatic heterocycles. The van der Waals surface area contributed by atoms with Crippen molar-refractivity contribution in [3.05, 3.63) is 23.9 Å². The highest BCUT2D eigenvalue weighted by Crippen LogP contribution is 2.10. The number of hydrogen-bond acceptors (Lipinski definition) is 3. The summed E-state index contributed by atoms with van der Waals surface area (Å²) in [5.74, 6) is 0.811. The Hall–Kier alpha value is -1.09. The van der Waals surface area contributed by atoms with Crippen molar-refractivity contribution in [3.8, 4) is 0 Å². The van der Waals surface area contributed by atoms with Crippen LogP contribution in [0, 0.1) is 0 Å². The second kappa shape index (κ2) is 6.38. The zero-order valence-corrected chi connectivity index (χ0v) is 8.66. The molecule has 0 bridgehead atoms. The highest BCUT2D eigenvalue weighted by atomic mass is 16.3. The Balaban J connectivity index is 2.41. The maximum absolute atomic E-state index is 9.04. The fourth-order valence-corrected chi connectivity index (χ4v) is 1.31. The van der Waals surface area contributed by atoms with Crippen LogP contribution in [0.3, 0.4) is 0 Å². The summed E-state index contributed by atoms with van der Waals surface area (Å²) in [5.41, 5.74) is 0.865. The van der Waals surface area contributed by atoms with Gasteiger partial charge in [0.15, 0.2) is 0 Å². The maximum atomic E-state index is 9.04. The van der Waals surface area contributed by atoms with Crippen molar-refractivity contribution in [2.75, 3.05) is 11.9 Å². The predicted molar refractivity (Wildman–Crippen MR) is 58.2 cm³/mol. The van der Waals surface area contributed by atoms with Crippen molar-refractivity contribution >= 4 is 5.82 Å². The highest BCUT2D eigenvalue weighted by Gasteiger charge is 1.99. The highest BCUT2D eigenvalue weighted by molar-refractivity contribution is 5.42. The number of unbranched alkanes of at least 4 members (excludes halogenated alkanes) is 2. The van der Waals surface area contributed by atoms with Gasteiger partial charge in [0.1, 0.15) is 5.82 Å². The van der Waals surface area contributed by atoms with Crippen LogP contribution in [0.15, 0.2) is 18.3 Å². The van der Waals surface area contributed by atoms with E-state index in [9.17, 15) is 0 Å². The summed E-state index contributed by atoms with van der Waals surface area (Å²) in [6, 6.07) is 3.72. The smallest absolute Gasteiger partial charge is 0.131 e. The number of rotatable bonds is 6. The van der Waals surface area contributed by atoms with Gasteiger partial charge in [-0.05, 0) is 12.5 Å². The Morgan fingerprint density at radius 3 is 3.00 bits per heavy atom. The van der Waals surface area contributed by atoms with Crippen molar-refractivity contribution in [2.24, 2.45) is 0 Å². The lowest BCUT2D eigenvalue weighted by Gasteiger charge is -2.08. The minimum atomic E-state index is 0.0456. The molecule has 3 nitrogen and oxygen atoms in total. The third kappa shape index (κ3) is 3.34. The van der Waals surface area contributed by atoms with E-state index in [4.69, 9.17) is 5.11 Å². The second-order valence-corrected chi connectivity index (χ2v) is 3.30.